The Balaban J connectivity index is 1.49. The Labute approximate surface area is 161 Å². The van der Waals surface area contributed by atoms with Gasteiger partial charge in [0, 0.05) is 6.54 Å². The van der Waals surface area contributed by atoms with Crippen LogP contribution in [-0.2, 0) is 0 Å². The third-order valence-electron chi connectivity index (χ3n) is 8.55. The molecule has 5 atom stereocenters. The number of nitrogens with zero attached hydrogens (tertiary/aromatic N) is 1. The molecule has 4 aliphatic rings. The number of aliphatic imine (C=N–C) groups is 1. The van der Waals surface area contributed by atoms with Crippen LogP contribution in [0.1, 0.15) is 85.0 Å². The molecule has 1 nitrogen and oxygen atoms in total. The summed E-state index contributed by atoms with van der Waals surface area (Å²) in [6.45, 7) is 8.22. The SMILES string of the molecule is CC(C)CCN=CC[C@@]12C=CC[C@H]1[C@@H]1CC=C3CCCC[C@]3(C)[C@H]1CC2. The highest BCUT2D eigenvalue weighted by molar-refractivity contribution is 5.59. The fraction of sp³-hybridized carbons (Fsp3) is 0.800. The van der Waals surface area contributed by atoms with Crippen molar-refractivity contribution in [1.82, 2.24) is 0 Å². The fourth-order valence-corrected chi connectivity index (χ4v) is 6.99. The summed E-state index contributed by atoms with van der Waals surface area (Å²) in [5.41, 5.74) is 2.79. The molecule has 0 radical (unpaired) electrons. The number of rotatable bonds is 5. The normalized spacial score (nSPS) is 41.8. The third kappa shape index (κ3) is 3.14. The van der Waals surface area contributed by atoms with Gasteiger partial charge < -0.3 is 0 Å². The van der Waals surface area contributed by atoms with Crippen molar-refractivity contribution in [2.75, 3.05) is 6.54 Å². The van der Waals surface area contributed by atoms with Gasteiger partial charge in [0.05, 0.1) is 0 Å². The fourth-order valence-electron chi connectivity index (χ4n) is 6.99. The van der Waals surface area contributed by atoms with Crippen LogP contribution < -0.4 is 0 Å². The first-order valence-electron chi connectivity index (χ1n) is 11.4. The highest BCUT2D eigenvalue weighted by atomic mass is 14.7. The second-order valence-electron chi connectivity index (χ2n) is 10.4. The summed E-state index contributed by atoms with van der Waals surface area (Å²) in [7, 11) is 0. The predicted molar refractivity (Wildman–Crippen MR) is 113 cm³/mol. The van der Waals surface area contributed by atoms with Gasteiger partial charge in [-0.3, -0.25) is 4.99 Å². The molecule has 0 aromatic heterocycles. The summed E-state index contributed by atoms with van der Waals surface area (Å²) in [6.07, 6.45) is 23.7. The van der Waals surface area contributed by atoms with Crippen molar-refractivity contribution in [3.63, 3.8) is 0 Å². The van der Waals surface area contributed by atoms with Gasteiger partial charge in [-0.1, -0.05) is 51.0 Å². The van der Waals surface area contributed by atoms with Crippen LogP contribution in [0.4, 0.5) is 0 Å². The summed E-state index contributed by atoms with van der Waals surface area (Å²) in [5, 5.41) is 0. The minimum Gasteiger partial charge on any atom is -0.297 e. The summed E-state index contributed by atoms with van der Waals surface area (Å²) in [4.78, 5) is 4.77. The number of hydrogen-bond acceptors (Lipinski definition) is 1. The van der Waals surface area contributed by atoms with Crippen LogP contribution >= 0.6 is 0 Å². The highest BCUT2D eigenvalue weighted by Gasteiger charge is 2.55. The summed E-state index contributed by atoms with van der Waals surface area (Å²) >= 11 is 0. The molecule has 144 valence electrons. The lowest BCUT2D eigenvalue weighted by molar-refractivity contribution is -0.0170. The van der Waals surface area contributed by atoms with Gasteiger partial charge in [-0.25, -0.2) is 0 Å². The van der Waals surface area contributed by atoms with Gasteiger partial charge in [-0.05, 0) is 98.5 Å². The minimum absolute atomic E-state index is 0.429. The van der Waals surface area contributed by atoms with E-state index in [1.165, 1.54) is 64.2 Å². The van der Waals surface area contributed by atoms with Gasteiger partial charge in [-0.2, -0.15) is 0 Å². The molecule has 0 aromatic rings. The molecule has 0 amide bonds. The average Bonchev–Trinajstić information content (AvgIpc) is 3.05. The first-order chi connectivity index (χ1) is 12.6. The lowest BCUT2D eigenvalue weighted by Crippen LogP contribution is -2.49. The second kappa shape index (κ2) is 7.28. The molecule has 0 unspecified atom stereocenters. The van der Waals surface area contributed by atoms with Gasteiger partial charge in [-0.15, -0.1) is 0 Å². The molecule has 1 heteroatoms. The van der Waals surface area contributed by atoms with E-state index in [1.54, 1.807) is 0 Å². The summed E-state index contributed by atoms with van der Waals surface area (Å²) in [6, 6.07) is 0. The lowest BCUT2D eigenvalue weighted by atomic mass is 9.47. The quantitative estimate of drug-likeness (QED) is 0.373. The Morgan fingerprint density at radius 3 is 2.92 bits per heavy atom. The number of fused-ring (bicyclic) bond motifs is 5. The van der Waals surface area contributed by atoms with E-state index in [-0.39, 0.29) is 0 Å². The van der Waals surface area contributed by atoms with Crippen LogP contribution in [0.2, 0.25) is 0 Å². The Hall–Kier alpha value is -0.850. The molecule has 4 rings (SSSR count). The molecular weight excluding hydrogens is 314 g/mol. The molecule has 2 fully saturated rings. The third-order valence-corrected chi connectivity index (χ3v) is 8.55. The maximum Gasteiger partial charge on any atom is 0.0387 e. The van der Waals surface area contributed by atoms with E-state index < -0.39 is 0 Å². The first kappa shape index (κ1) is 18.5. The number of allylic oxidation sites excluding steroid dienone is 4. The van der Waals surface area contributed by atoms with Gasteiger partial charge in [0.15, 0.2) is 0 Å². The Kier molecular flexibility index (Phi) is 5.19. The van der Waals surface area contributed by atoms with E-state index in [0.29, 0.717) is 10.8 Å². The Bertz CT molecular complexity index is 597. The van der Waals surface area contributed by atoms with Crippen LogP contribution in [-0.4, -0.2) is 12.8 Å². The molecule has 26 heavy (non-hydrogen) atoms. The van der Waals surface area contributed by atoms with Crippen molar-refractivity contribution in [3.05, 3.63) is 23.8 Å². The topological polar surface area (TPSA) is 12.4 Å². The van der Waals surface area contributed by atoms with Crippen LogP contribution in [0.15, 0.2) is 28.8 Å². The monoisotopic (exact) mass is 353 g/mol. The van der Waals surface area contributed by atoms with Gasteiger partial charge >= 0.3 is 0 Å². The van der Waals surface area contributed by atoms with Gasteiger partial charge in [0.2, 0.25) is 0 Å². The molecule has 0 saturated heterocycles. The molecule has 0 bridgehead atoms. The van der Waals surface area contributed by atoms with Crippen LogP contribution in [0.5, 0.6) is 0 Å². The van der Waals surface area contributed by atoms with Crippen molar-refractivity contribution in [2.24, 2.45) is 39.5 Å². The molecule has 0 heterocycles. The molecular formula is C25H39N. The largest absolute Gasteiger partial charge is 0.297 e. The number of hydrogen-bond donors (Lipinski definition) is 0. The van der Waals surface area contributed by atoms with Crippen molar-refractivity contribution in [1.29, 1.82) is 0 Å². The van der Waals surface area contributed by atoms with Gasteiger partial charge in [0.1, 0.15) is 0 Å². The Morgan fingerprint density at radius 1 is 1.19 bits per heavy atom. The van der Waals surface area contributed by atoms with Crippen LogP contribution in [0, 0.1) is 34.5 Å². The molecule has 0 N–H and O–H groups in total. The highest BCUT2D eigenvalue weighted by Crippen LogP contribution is 2.64. The van der Waals surface area contributed by atoms with E-state index in [9.17, 15) is 0 Å². The Morgan fingerprint density at radius 2 is 2.08 bits per heavy atom. The zero-order chi connectivity index (χ0) is 18.2. The van der Waals surface area contributed by atoms with E-state index >= 15 is 0 Å². The maximum atomic E-state index is 4.77. The molecule has 0 spiro atoms. The van der Waals surface area contributed by atoms with E-state index in [1.807, 2.05) is 5.57 Å². The van der Waals surface area contributed by atoms with E-state index in [4.69, 9.17) is 4.99 Å². The smallest absolute Gasteiger partial charge is 0.0387 e. The minimum atomic E-state index is 0.429. The van der Waals surface area contributed by atoms with Crippen molar-refractivity contribution < 1.29 is 0 Å². The van der Waals surface area contributed by atoms with Crippen molar-refractivity contribution in [3.8, 4) is 0 Å². The van der Waals surface area contributed by atoms with Crippen LogP contribution in [0.3, 0.4) is 0 Å². The maximum absolute atomic E-state index is 4.77. The van der Waals surface area contributed by atoms with Crippen molar-refractivity contribution >= 4 is 6.21 Å². The average molecular weight is 354 g/mol. The standard InChI is InChI=1S/C25H39N/c1-19(2)12-17-26-18-16-25-14-6-8-23(25)21-10-9-20-7-4-5-13-24(20,3)22(21)11-15-25/h6,9,14,18-19,21-23H,4-5,7-8,10-13,15-17H2,1-3H3/t21-,22+,23+,24+,25+/m1/s1. The molecule has 0 aromatic carbocycles. The summed E-state index contributed by atoms with van der Waals surface area (Å²) in [5.74, 6) is 3.49. The van der Waals surface area contributed by atoms with Gasteiger partial charge in [0.25, 0.3) is 0 Å². The summed E-state index contributed by atoms with van der Waals surface area (Å²) < 4.78 is 0. The van der Waals surface area contributed by atoms with Crippen molar-refractivity contribution in [2.45, 2.75) is 85.0 Å². The molecule has 4 aliphatic carbocycles. The molecule has 0 aliphatic heterocycles. The van der Waals surface area contributed by atoms with E-state index in [2.05, 4.69) is 45.2 Å². The van der Waals surface area contributed by atoms with Crippen LogP contribution in [0.25, 0.3) is 0 Å². The predicted octanol–water partition coefficient (Wildman–Crippen LogP) is 6.99. The van der Waals surface area contributed by atoms with E-state index in [0.717, 1.165) is 30.2 Å². The zero-order valence-electron chi connectivity index (χ0n) is 17.3. The second-order valence-corrected chi connectivity index (χ2v) is 10.4. The first-order valence-corrected chi connectivity index (χ1v) is 11.4. The lowest BCUT2D eigenvalue weighted by Gasteiger charge is -2.57. The molecule has 2 saturated carbocycles. The zero-order valence-corrected chi connectivity index (χ0v) is 17.3.